The van der Waals surface area contributed by atoms with Gasteiger partial charge in [0, 0.05) is 30.9 Å². The van der Waals surface area contributed by atoms with E-state index < -0.39 is 0 Å². The van der Waals surface area contributed by atoms with E-state index in [1.807, 2.05) is 61.5 Å². The van der Waals surface area contributed by atoms with Crippen LogP contribution in [0.5, 0.6) is 5.75 Å². The maximum atomic E-state index is 12.4. The van der Waals surface area contributed by atoms with E-state index in [2.05, 4.69) is 10.3 Å². The molecular formula is C23H23N3O3. The zero-order valence-electron chi connectivity index (χ0n) is 16.3. The minimum absolute atomic E-state index is 0.0309. The number of ether oxygens (including phenoxy) is 1. The van der Waals surface area contributed by atoms with Gasteiger partial charge in [-0.1, -0.05) is 42.0 Å². The molecule has 29 heavy (non-hydrogen) atoms. The fourth-order valence-corrected chi connectivity index (χ4v) is 3.29. The molecule has 0 unspecified atom stereocenters. The van der Waals surface area contributed by atoms with Crippen LogP contribution in [0.15, 0.2) is 60.7 Å². The summed E-state index contributed by atoms with van der Waals surface area (Å²) >= 11 is 0. The highest BCUT2D eigenvalue weighted by atomic mass is 16.5. The van der Waals surface area contributed by atoms with E-state index in [1.165, 1.54) is 0 Å². The van der Waals surface area contributed by atoms with Crippen LogP contribution in [0, 0.1) is 12.8 Å². The number of aromatic nitrogens is 1. The number of carbonyl (C=O) groups excluding carboxylic acids is 2. The smallest absolute Gasteiger partial charge is 0.269 e. The van der Waals surface area contributed by atoms with E-state index >= 15 is 0 Å². The lowest BCUT2D eigenvalue weighted by Crippen LogP contribution is -2.55. The number of pyridine rings is 1. The molecule has 1 saturated heterocycles. The molecule has 0 atom stereocenters. The summed E-state index contributed by atoms with van der Waals surface area (Å²) in [6.07, 6.45) is 0. The summed E-state index contributed by atoms with van der Waals surface area (Å²) in [7, 11) is 0. The number of rotatable bonds is 6. The Morgan fingerprint density at radius 1 is 1.07 bits per heavy atom. The van der Waals surface area contributed by atoms with Gasteiger partial charge in [0.05, 0.1) is 5.52 Å². The molecule has 2 amide bonds. The highest BCUT2D eigenvalue weighted by Crippen LogP contribution is 2.17. The van der Waals surface area contributed by atoms with Crippen LogP contribution in [0.3, 0.4) is 0 Å². The fraction of sp³-hybridized carbons (Fsp3) is 0.261. The van der Waals surface area contributed by atoms with Gasteiger partial charge >= 0.3 is 0 Å². The zero-order valence-corrected chi connectivity index (χ0v) is 16.3. The van der Waals surface area contributed by atoms with E-state index in [9.17, 15) is 9.59 Å². The van der Waals surface area contributed by atoms with Crippen molar-refractivity contribution in [3.63, 3.8) is 0 Å². The standard InChI is InChI=1S/C23H23N3O3/c1-16-6-9-19(10-7-16)29-15-22(27)26-13-17(14-26)12-24-23(28)21-11-8-18-4-2-3-5-20(18)25-21/h2-11,17H,12-15H2,1H3,(H,24,28). The first-order valence-corrected chi connectivity index (χ1v) is 9.70. The Bertz CT molecular complexity index is 1030. The number of hydrogen-bond donors (Lipinski definition) is 1. The maximum Gasteiger partial charge on any atom is 0.269 e. The van der Waals surface area contributed by atoms with Crippen LogP contribution >= 0.6 is 0 Å². The first kappa shape index (κ1) is 18.9. The predicted octanol–water partition coefficient (Wildman–Crippen LogP) is 2.81. The molecule has 1 aliphatic heterocycles. The SMILES string of the molecule is Cc1ccc(OCC(=O)N2CC(CNC(=O)c3ccc4ccccc4n3)C2)cc1. The van der Waals surface area contributed by atoms with Crippen molar-refractivity contribution < 1.29 is 14.3 Å². The van der Waals surface area contributed by atoms with E-state index in [0.717, 1.165) is 16.5 Å². The van der Waals surface area contributed by atoms with Crippen molar-refractivity contribution in [3.05, 3.63) is 71.9 Å². The second kappa shape index (κ2) is 8.31. The summed E-state index contributed by atoms with van der Waals surface area (Å²) in [5.74, 6) is 0.714. The normalized spacial score (nSPS) is 13.8. The van der Waals surface area contributed by atoms with Crippen LogP contribution in [0.2, 0.25) is 0 Å². The molecule has 148 valence electrons. The van der Waals surface area contributed by atoms with Crippen molar-refractivity contribution in [3.8, 4) is 5.75 Å². The predicted molar refractivity (Wildman–Crippen MR) is 111 cm³/mol. The molecule has 4 rings (SSSR count). The summed E-state index contributed by atoms with van der Waals surface area (Å²) < 4.78 is 5.54. The molecular weight excluding hydrogens is 366 g/mol. The Labute approximate surface area is 169 Å². The first-order valence-electron chi connectivity index (χ1n) is 9.70. The average Bonchev–Trinajstić information content (AvgIpc) is 2.71. The second-order valence-corrected chi connectivity index (χ2v) is 7.37. The van der Waals surface area contributed by atoms with Gasteiger partial charge in [-0.15, -0.1) is 0 Å². The monoisotopic (exact) mass is 389 g/mol. The van der Waals surface area contributed by atoms with Crippen molar-refractivity contribution in [2.75, 3.05) is 26.2 Å². The van der Waals surface area contributed by atoms with E-state index in [-0.39, 0.29) is 24.3 Å². The van der Waals surface area contributed by atoms with E-state index in [0.29, 0.717) is 31.1 Å². The Hall–Kier alpha value is -3.41. The molecule has 6 heteroatoms. The lowest BCUT2D eigenvalue weighted by molar-refractivity contribution is -0.139. The quantitative estimate of drug-likeness (QED) is 0.704. The average molecular weight is 389 g/mol. The topological polar surface area (TPSA) is 71.5 Å². The third kappa shape index (κ3) is 4.54. The number of fused-ring (bicyclic) bond motifs is 1. The highest BCUT2D eigenvalue weighted by Gasteiger charge is 2.31. The minimum atomic E-state index is -0.191. The highest BCUT2D eigenvalue weighted by molar-refractivity contribution is 5.94. The van der Waals surface area contributed by atoms with Gasteiger partial charge in [0.1, 0.15) is 11.4 Å². The fourth-order valence-electron chi connectivity index (χ4n) is 3.29. The van der Waals surface area contributed by atoms with Crippen molar-refractivity contribution in [2.24, 2.45) is 5.92 Å². The van der Waals surface area contributed by atoms with Gasteiger partial charge in [0.25, 0.3) is 11.8 Å². The van der Waals surface area contributed by atoms with Gasteiger partial charge in [-0.25, -0.2) is 4.98 Å². The van der Waals surface area contributed by atoms with Gasteiger partial charge in [-0.3, -0.25) is 9.59 Å². The molecule has 1 N–H and O–H groups in total. The van der Waals surface area contributed by atoms with Crippen LogP contribution in [0.1, 0.15) is 16.1 Å². The molecule has 1 aromatic heterocycles. The summed E-state index contributed by atoms with van der Waals surface area (Å²) in [5.41, 5.74) is 2.35. The Morgan fingerprint density at radius 3 is 2.62 bits per heavy atom. The molecule has 2 aromatic carbocycles. The largest absolute Gasteiger partial charge is 0.484 e. The Balaban J connectivity index is 1.20. The molecule has 1 fully saturated rings. The molecule has 3 aromatic rings. The molecule has 2 heterocycles. The molecule has 0 bridgehead atoms. The van der Waals surface area contributed by atoms with Crippen molar-refractivity contribution in [2.45, 2.75) is 6.92 Å². The molecule has 0 spiro atoms. The van der Waals surface area contributed by atoms with Gasteiger partial charge in [-0.05, 0) is 31.2 Å². The van der Waals surface area contributed by atoms with Gasteiger partial charge in [-0.2, -0.15) is 0 Å². The van der Waals surface area contributed by atoms with Crippen LogP contribution in [-0.2, 0) is 4.79 Å². The Morgan fingerprint density at radius 2 is 1.83 bits per heavy atom. The number of nitrogens with one attached hydrogen (secondary N) is 1. The van der Waals surface area contributed by atoms with E-state index in [1.54, 1.807) is 11.0 Å². The zero-order chi connectivity index (χ0) is 20.2. The number of benzene rings is 2. The van der Waals surface area contributed by atoms with Crippen molar-refractivity contribution >= 4 is 22.7 Å². The number of nitrogens with zero attached hydrogens (tertiary/aromatic N) is 2. The van der Waals surface area contributed by atoms with Crippen molar-refractivity contribution in [1.82, 2.24) is 15.2 Å². The van der Waals surface area contributed by atoms with E-state index in [4.69, 9.17) is 4.74 Å². The third-order valence-electron chi connectivity index (χ3n) is 5.08. The number of likely N-dealkylation sites (tertiary alicyclic amines) is 1. The summed E-state index contributed by atoms with van der Waals surface area (Å²) in [5, 5.41) is 3.92. The van der Waals surface area contributed by atoms with Crippen LogP contribution in [0.25, 0.3) is 10.9 Å². The maximum absolute atomic E-state index is 12.4. The second-order valence-electron chi connectivity index (χ2n) is 7.37. The number of amides is 2. The van der Waals surface area contributed by atoms with Gasteiger partial charge < -0.3 is 15.0 Å². The van der Waals surface area contributed by atoms with Gasteiger partial charge in [0.15, 0.2) is 6.61 Å². The van der Waals surface area contributed by atoms with Crippen LogP contribution in [0.4, 0.5) is 0 Å². The number of carbonyl (C=O) groups is 2. The molecule has 0 aliphatic carbocycles. The molecule has 6 nitrogen and oxygen atoms in total. The Kier molecular flexibility index (Phi) is 5.42. The van der Waals surface area contributed by atoms with Crippen LogP contribution < -0.4 is 10.1 Å². The van der Waals surface area contributed by atoms with Gasteiger partial charge in [0.2, 0.25) is 0 Å². The molecule has 1 aliphatic rings. The lowest BCUT2D eigenvalue weighted by atomic mass is 10.00. The third-order valence-corrected chi connectivity index (χ3v) is 5.08. The summed E-state index contributed by atoms with van der Waals surface area (Å²) in [6, 6.07) is 19.0. The van der Waals surface area contributed by atoms with Crippen molar-refractivity contribution in [1.29, 1.82) is 0 Å². The summed E-state index contributed by atoms with van der Waals surface area (Å²) in [6.45, 7) is 3.81. The number of para-hydroxylation sites is 1. The molecule has 0 saturated carbocycles. The minimum Gasteiger partial charge on any atom is -0.484 e. The van der Waals surface area contributed by atoms with Crippen LogP contribution in [-0.4, -0.2) is 47.9 Å². The number of hydrogen-bond acceptors (Lipinski definition) is 4. The first-order chi connectivity index (χ1) is 14.1. The molecule has 0 radical (unpaired) electrons. The summed E-state index contributed by atoms with van der Waals surface area (Å²) in [4.78, 5) is 30.7. The lowest BCUT2D eigenvalue weighted by Gasteiger charge is -2.39. The number of aryl methyl sites for hydroxylation is 1.